The summed E-state index contributed by atoms with van der Waals surface area (Å²) in [6.07, 6.45) is 13.0. The summed E-state index contributed by atoms with van der Waals surface area (Å²) >= 11 is 0. The van der Waals surface area contributed by atoms with Gasteiger partial charge in [-0.2, -0.15) is 0 Å². The number of ether oxygens (including phenoxy) is 4. The van der Waals surface area contributed by atoms with Crippen molar-refractivity contribution >= 4 is 11.6 Å². The van der Waals surface area contributed by atoms with Crippen molar-refractivity contribution in [2.24, 2.45) is 34.5 Å². The first-order valence-corrected chi connectivity index (χ1v) is 15.4. The molecule has 0 radical (unpaired) electrons. The molecule has 0 bridgehead atoms. The molecule has 6 nitrogen and oxygen atoms in total. The van der Waals surface area contributed by atoms with Crippen LogP contribution in [0.1, 0.15) is 111 Å². The largest absolute Gasteiger partial charge is 0.353 e. The third kappa shape index (κ3) is 4.28. The average Bonchev–Trinajstić information content (AvgIpc) is 3.18. The number of hydrogen-bond acceptors (Lipinski definition) is 6. The molecule has 0 aromatic heterocycles. The van der Waals surface area contributed by atoms with Gasteiger partial charge in [-0.3, -0.25) is 9.59 Å². The molecule has 6 unspecified atom stereocenters. The fourth-order valence-electron chi connectivity index (χ4n) is 10.1. The molecule has 6 fully saturated rings. The van der Waals surface area contributed by atoms with Gasteiger partial charge in [0.2, 0.25) is 0 Å². The van der Waals surface area contributed by atoms with Crippen molar-refractivity contribution in [1.29, 1.82) is 0 Å². The molecule has 6 heteroatoms. The summed E-state index contributed by atoms with van der Waals surface area (Å²) in [6, 6.07) is 0. The van der Waals surface area contributed by atoms with Gasteiger partial charge in [-0.1, -0.05) is 13.8 Å². The van der Waals surface area contributed by atoms with Gasteiger partial charge in [-0.15, -0.1) is 0 Å². The SMILES string of the molecule is CC(=O)[C@@]1(OC2CCCCO2)CCC2C3CCC4CC(=O)CC[C@]4(C)C3[C@H](OC3CCCCO3)C[C@@]21C. The third-order valence-corrected chi connectivity index (χ3v) is 12.0. The van der Waals surface area contributed by atoms with E-state index in [1.54, 1.807) is 6.92 Å². The van der Waals surface area contributed by atoms with E-state index in [9.17, 15) is 9.59 Å². The van der Waals surface area contributed by atoms with Crippen LogP contribution in [0.25, 0.3) is 0 Å². The van der Waals surface area contributed by atoms with Crippen LogP contribution in [0.3, 0.4) is 0 Å². The first-order chi connectivity index (χ1) is 17.8. The van der Waals surface area contributed by atoms with Crippen molar-refractivity contribution in [2.75, 3.05) is 13.2 Å². The summed E-state index contributed by atoms with van der Waals surface area (Å²) in [5.41, 5.74) is -1.01. The zero-order valence-corrected chi connectivity index (χ0v) is 23.3. The van der Waals surface area contributed by atoms with E-state index in [0.717, 1.165) is 90.1 Å². The first kappa shape index (κ1) is 26.4. The van der Waals surface area contributed by atoms with Crippen LogP contribution in [0.2, 0.25) is 0 Å². The number of Topliss-reactive ketones (excluding diaryl/α,β-unsaturated/α-hetero) is 2. The molecular formula is C31H48O6. The number of fused-ring (bicyclic) bond motifs is 5. The molecule has 2 heterocycles. The lowest BCUT2D eigenvalue weighted by Gasteiger charge is -2.63. The standard InChI is InChI=1S/C31H48O6/c1-20(32)31(37-27-9-5-7-17-35-27)15-13-24-23-11-10-21-18-22(33)12-14-29(21,2)28(23)25(19-30(24,31)3)36-26-8-4-6-16-34-26/h21,23-28H,4-19H2,1-3H3/t21?,23?,24?,25-,26?,27?,28?,29+,30+,31+/m1/s1. The van der Waals surface area contributed by atoms with E-state index < -0.39 is 5.60 Å². The van der Waals surface area contributed by atoms with Crippen LogP contribution in [-0.2, 0) is 28.5 Å². The van der Waals surface area contributed by atoms with Crippen LogP contribution in [-0.4, -0.2) is 49.1 Å². The second kappa shape index (κ2) is 9.98. The van der Waals surface area contributed by atoms with Crippen molar-refractivity contribution < 1.29 is 28.5 Å². The van der Waals surface area contributed by atoms with Crippen molar-refractivity contribution in [3.8, 4) is 0 Å². The molecule has 0 aromatic carbocycles. The van der Waals surface area contributed by atoms with Crippen LogP contribution in [0.4, 0.5) is 0 Å². The molecule has 10 atom stereocenters. The van der Waals surface area contributed by atoms with E-state index in [-0.39, 0.29) is 35.3 Å². The normalized spacial score (nSPS) is 50.1. The molecule has 2 saturated heterocycles. The van der Waals surface area contributed by atoms with Crippen LogP contribution in [0.5, 0.6) is 0 Å². The van der Waals surface area contributed by atoms with E-state index in [2.05, 4.69) is 13.8 Å². The zero-order chi connectivity index (χ0) is 25.8. The highest BCUT2D eigenvalue weighted by molar-refractivity contribution is 5.86. The molecule has 6 aliphatic rings. The summed E-state index contributed by atoms with van der Waals surface area (Å²) in [6.45, 7) is 8.02. The molecule has 208 valence electrons. The second-order valence-electron chi connectivity index (χ2n) is 13.7. The topological polar surface area (TPSA) is 71.1 Å². The van der Waals surface area contributed by atoms with Gasteiger partial charge in [0.05, 0.1) is 6.10 Å². The minimum atomic E-state index is -0.819. The van der Waals surface area contributed by atoms with Crippen LogP contribution in [0.15, 0.2) is 0 Å². The van der Waals surface area contributed by atoms with Gasteiger partial charge >= 0.3 is 0 Å². The van der Waals surface area contributed by atoms with Gasteiger partial charge in [-0.05, 0) is 113 Å². The fourth-order valence-corrected chi connectivity index (χ4v) is 10.1. The summed E-state index contributed by atoms with van der Waals surface area (Å²) in [7, 11) is 0. The molecular weight excluding hydrogens is 468 g/mol. The van der Waals surface area contributed by atoms with Crippen LogP contribution < -0.4 is 0 Å². The lowest BCUT2D eigenvalue weighted by molar-refractivity contribution is -0.283. The fraction of sp³-hybridized carbons (Fsp3) is 0.935. The van der Waals surface area contributed by atoms with Gasteiger partial charge in [0.15, 0.2) is 18.4 Å². The van der Waals surface area contributed by atoms with Crippen molar-refractivity contribution in [3.05, 3.63) is 0 Å². The van der Waals surface area contributed by atoms with E-state index in [1.165, 1.54) is 0 Å². The Kier molecular flexibility index (Phi) is 7.12. The third-order valence-electron chi connectivity index (χ3n) is 12.0. The number of carbonyl (C=O) groups excluding carboxylic acids is 2. The van der Waals surface area contributed by atoms with Crippen LogP contribution >= 0.6 is 0 Å². The number of carbonyl (C=O) groups is 2. The van der Waals surface area contributed by atoms with Gasteiger partial charge in [0, 0.05) is 31.5 Å². The minimum Gasteiger partial charge on any atom is -0.353 e. The Morgan fingerprint density at radius 2 is 1.65 bits per heavy atom. The molecule has 0 amide bonds. The smallest absolute Gasteiger partial charge is 0.162 e. The Morgan fingerprint density at radius 3 is 2.32 bits per heavy atom. The second-order valence-corrected chi connectivity index (χ2v) is 13.7. The molecule has 37 heavy (non-hydrogen) atoms. The van der Waals surface area contributed by atoms with Crippen molar-refractivity contribution in [3.63, 3.8) is 0 Å². The highest BCUT2D eigenvalue weighted by Crippen LogP contribution is 2.69. The predicted octanol–water partition coefficient (Wildman–Crippen LogP) is 5.99. The molecule has 0 spiro atoms. The highest BCUT2D eigenvalue weighted by atomic mass is 16.7. The Hall–Kier alpha value is -0.820. The molecule has 2 aliphatic heterocycles. The Labute approximate surface area is 222 Å². The Bertz CT molecular complexity index is 877. The molecule has 6 rings (SSSR count). The summed E-state index contributed by atoms with van der Waals surface area (Å²) < 4.78 is 26.0. The maximum Gasteiger partial charge on any atom is 0.162 e. The van der Waals surface area contributed by atoms with Gasteiger partial charge in [0.1, 0.15) is 11.4 Å². The van der Waals surface area contributed by atoms with Crippen molar-refractivity contribution in [2.45, 2.75) is 135 Å². The van der Waals surface area contributed by atoms with E-state index in [1.807, 2.05) is 0 Å². The maximum atomic E-state index is 13.6. The molecule has 4 aliphatic carbocycles. The lowest BCUT2D eigenvalue weighted by atomic mass is 9.43. The summed E-state index contributed by atoms with van der Waals surface area (Å²) in [5.74, 6) is 2.35. The number of hydrogen-bond donors (Lipinski definition) is 0. The van der Waals surface area contributed by atoms with Gasteiger partial charge in [0.25, 0.3) is 0 Å². The highest BCUT2D eigenvalue weighted by Gasteiger charge is 2.70. The first-order valence-electron chi connectivity index (χ1n) is 15.4. The number of ketones is 2. The molecule has 0 aromatic rings. The van der Waals surface area contributed by atoms with E-state index >= 15 is 0 Å². The Morgan fingerprint density at radius 1 is 0.919 bits per heavy atom. The Balaban J connectivity index is 1.36. The predicted molar refractivity (Wildman–Crippen MR) is 139 cm³/mol. The van der Waals surface area contributed by atoms with E-state index in [4.69, 9.17) is 18.9 Å². The van der Waals surface area contributed by atoms with Gasteiger partial charge < -0.3 is 18.9 Å². The summed E-state index contributed by atoms with van der Waals surface area (Å²) in [4.78, 5) is 26.1. The quantitative estimate of drug-likeness (QED) is 0.447. The number of rotatable bonds is 5. The average molecular weight is 517 g/mol. The van der Waals surface area contributed by atoms with Gasteiger partial charge in [-0.25, -0.2) is 0 Å². The maximum absolute atomic E-state index is 13.6. The van der Waals surface area contributed by atoms with Crippen LogP contribution in [0, 0.1) is 34.5 Å². The van der Waals surface area contributed by atoms with E-state index in [0.29, 0.717) is 42.5 Å². The monoisotopic (exact) mass is 516 g/mol. The molecule has 0 N–H and O–H groups in total. The minimum absolute atomic E-state index is 0.0167. The lowest BCUT2D eigenvalue weighted by Crippen LogP contribution is -2.64. The zero-order valence-electron chi connectivity index (χ0n) is 23.3. The molecule has 4 saturated carbocycles. The van der Waals surface area contributed by atoms with Crippen molar-refractivity contribution in [1.82, 2.24) is 0 Å². The summed E-state index contributed by atoms with van der Waals surface area (Å²) in [5, 5.41) is 0.